The highest BCUT2D eigenvalue weighted by atomic mass is 16.6. The molecule has 0 radical (unpaired) electrons. The Morgan fingerprint density at radius 2 is 2.33 bits per heavy atom. The van der Waals surface area contributed by atoms with E-state index >= 15 is 0 Å². The van der Waals surface area contributed by atoms with Crippen LogP contribution < -0.4 is 5.32 Å². The molecule has 2 unspecified atom stereocenters. The van der Waals surface area contributed by atoms with Crippen molar-refractivity contribution >= 4 is 17.5 Å². The van der Waals surface area contributed by atoms with Gasteiger partial charge < -0.3 is 10.1 Å². The van der Waals surface area contributed by atoms with E-state index in [2.05, 4.69) is 17.2 Å². The van der Waals surface area contributed by atoms with E-state index in [1.807, 2.05) is 0 Å². The largest absolute Gasteiger partial charge is 0.462 e. The van der Waals surface area contributed by atoms with Crippen molar-refractivity contribution in [3.8, 4) is 0 Å². The van der Waals surface area contributed by atoms with Crippen LogP contribution in [0, 0.1) is 16.0 Å². The fourth-order valence-electron chi connectivity index (χ4n) is 2.65. The molecule has 1 aliphatic carbocycles. The molecular formula is C14H19N3O4. The summed E-state index contributed by atoms with van der Waals surface area (Å²) in [5.41, 5.74) is -0.374. The molecule has 7 heteroatoms. The molecule has 0 aromatic carbocycles. The van der Waals surface area contributed by atoms with Gasteiger partial charge in [0.05, 0.1) is 11.5 Å². The summed E-state index contributed by atoms with van der Waals surface area (Å²) in [7, 11) is 0. The van der Waals surface area contributed by atoms with Crippen LogP contribution in [0.3, 0.4) is 0 Å². The molecule has 21 heavy (non-hydrogen) atoms. The van der Waals surface area contributed by atoms with E-state index in [-0.39, 0.29) is 29.7 Å². The van der Waals surface area contributed by atoms with Crippen molar-refractivity contribution in [2.75, 3.05) is 11.9 Å². The highest BCUT2D eigenvalue weighted by molar-refractivity contribution is 5.96. The zero-order chi connectivity index (χ0) is 15.4. The third-order valence-electron chi connectivity index (χ3n) is 3.64. The number of esters is 1. The molecule has 1 heterocycles. The first kappa shape index (κ1) is 15.2. The Hall–Kier alpha value is -2.18. The summed E-state index contributed by atoms with van der Waals surface area (Å²) in [5.74, 6) is 0.0360. The number of nitro groups is 1. The molecule has 1 aromatic heterocycles. The maximum Gasteiger partial charge on any atom is 0.345 e. The van der Waals surface area contributed by atoms with E-state index in [1.165, 1.54) is 12.3 Å². The minimum atomic E-state index is -0.700. The lowest BCUT2D eigenvalue weighted by Crippen LogP contribution is -2.19. The Kier molecular flexibility index (Phi) is 4.72. The molecule has 0 saturated heterocycles. The van der Waals surface area contributed by atoms with Gasteiger partial charge in [-0.15, -0.1) is 0 Å². The zero-order valence-electron chi connectivity index (χ0n) is 12.2. The van der Waals surface area contributed by atoms with E-state index in [0.717, 1.165) is 19.3 Å². The van der Waals surface area contributed by atoms with Crippen LogP contribution in [0.4, 0.5) is 11.5 Å². The minimum absolute atomic E-state index is 0.0644. The third-order valence-corrected chi connectivity index (χ3v) is 3.64. The second kappa shape index (κ2) is 6.51. The number of aromatic nitrogens is 1. The molecule has 0 amide bonds. The molecule has 2 atom stereocenters. The third kappa shape index (κ3) is 3.48. The fourth-order valence-corrected chi connectivity index (χ4v) is 2.65. The van der Waals surface area contributed by atoms with Crippen LogP contribution in [0.5, 0.6) is 0 Å². The predicted octanol–water partition coefficient (Wildman–Crippen LogP) is 2.77. The molecule has 1 aromatic rings. The van der Waals surface area contributed by atoms with Crippen molar-refractivity contribution in [2.45, 2.75) is 39.2 Å². The molecule has 1 aliphatic rings. The highest BCUT2D eigenvalue weighted by Crippen LogP contribution is 2.32. The minimum Gasteiger partial charge on any atom is -0.462 e. The van der Waals surface area contributed by atoms with Gasteiger partial charge in [-0.3, -0.25) is 10.1 Å². The number of ether oxygens (including phenoxy) is 1. The number of nitrogens with one attached hydrogen (secondary N) is 1. The average Bonchev–Trinajstić information content (AvgIpc) is 2.84. The van der Waals surface area contributed by atoms with E-state index in [9.17, 15) is 14.9 Å². The number of carbonyl (C=O) groups is 1. The van der Waals surface area contributed by atoms with Crippen LogP contribution in [0.25, 0.3) is 0 Å². The quantitative estimate of drug-likeness (QED) is 0.509. The highest BCUT2D eigenvalue weighted by Gasteiger charge is 2.29. The number of hydrogen-bond acceptors (Lipinski definition) is 6. The molecule has 0 bridgehead atoms. The number of anilines is 1. The van der Waals surface area contributed by atoms with Crippen LogP contribution in [0.15, 0.2) is 12.3 Å². The molecule has 1 N–H and O–H groups in total. The van der Waals surface area contributed by atoms with E-state index < -0.39 is 10.9 Å². The fraction of sp³-hybridized carbons (Fsp3) is 0.571. The molecule has 1 fully saturated rings. The topological polar surface area (TPSA) is 94.4 Å². The molecule has 114 valence electrons. The van der Waals surface area contributed by atoms with Crippen molar-refractivity contribution in [1.29, 1.82) is 0 Å². The van der Waals surface area contributed by atoms with E-state index in [1.54, 1.807) is 6.92 Å². The molecular weight excluding hydrogens is 274 g/mol. The van der Waals surface area contributed by atoms with Gasteiger partial charge in [-0.25, -0.2) is 9.78 Å². The summed E-state index contributed by atoms with van der Waals surface area (Å²) in [6.45, 7) is 3.98. The maximum absolute atomic E-state index is 11.8. The van der Waals surface area contributed by atoms with Gasteiger partial charge in [-0.05, 0) is 38.2 Å². The monoisotopic (exact) mass is 293 g/mol. The number of hydrogen-bond donors (Lipinski definition) is 1. The Morgan fingerprint density at radius 3 is 2.90 bits per heavy atom. The Balaban J connectivity index is 2.30. The normalized spacial score (nSPS) is 21.0. The number of carbonyl (C=O) groups excluding carboxylic acids is 1. The van der Waals surface area contributed by atoms with Crippen molar-refractivity contribution < 1.29 is 14.5 Å². The van der Waals surface area contributed by atoms with Gasteiger partial charge in [-0.1, -0.05) is 6.92 Å². The second-order valence-electron chi connectivity index (χ2n) is 5.29. The Labute approximate surface area is 122 Å². The number of rotatable bonds is 5. The van der Waals surface area contributed by atoms with Crippen molar-refractivity contribution in [3.05, 3.63) is 27.9 Å². The first-order valence-electron chi connectivity index (χ1n) is 7.10. The molecule has 0 aliphatic heterocycles. The summed E-state index contributed by atoms with van der Waals surface area (Å²) >= 11 is 0. The van der Waals surface area contributed by atoms with Crippen LogP contribution in [0.2, 0.25) is 0 Å². The summed E-state index contributed by atoms with van der Waals surface area (Å²) in [4.78, 5) is 26.6. The van der Waals surface area contributed by atoms with Gasteiger partial charge in [0.25, 0.3) is 0 Å². The summed E-state index contributed by atoms with van der Waals surface area (Å²) < 4.78 is 4.86. The lowest BCUT2D eigenvalue weighted by atomic mass is 10.1. The van der Waals surface area contributed by atoms with Gasteiger partial charge in [-0.2, -0.15) is 0 Å². The first-order chi connectivity index (χ1) is 10.0. The van der Waals surface area contributed by atoms with Gasteiger partial charge in [0.2, 0.25) is 5.82 Å². The van der Waals surface area contributed by atoms with Crippen molar-refractivity contribution in [2.24, 2.45) is 5.92 Å². The maximum atomic E-state index is 11.8. The molecule has 1 saturated carbocycles. The second-order valence-corrected chi connectivity index (χ2v) is 5.29. The smallest absolute Gasteiger partial charge is 0.345 e. The number of pyridine rings is 1. The lowest BCUT2D eigenvalue weighted by molar-refractivity contribution is -0.384. The summed E-state index contributed by atoms with van der Waals surface area (Å²) in [6, 6.07) is 1.47. The molecule has 0 spiro atoms. The Morgan fingerprint density at radius 1 is 1.57 bits per heavy atom. The van der Waals surface area contributed by atoms with Crippen LogP contribution >= 0.6 is 0 Å². The van der Waals surface area contributed by atoms with E-state index in [4.69, 9.17) is 4.74 Å². The summed E-state index contributed by atoms with van der Waals surface area (Å²) in [5, 5.41) is 14.4. The average molecular weight is 293 g/mol. The zero-order valence-corrected chi connectivity index (χ0v) is 12.2. The van der Waals surface area contributed by atoms with Crippen LogP contribution in [0.1, 0.15) is 43.5 Å². The van der Waals surface area contributed by atoms with Gasteiger partial charge >= 0.3 is 11.7 Å². The molecule has 7 nitrogen and oxygen atoms in total. The van der Waals surface area contributed by atoms with Crippen molar-refractivity contribution in [1.82, 2.24) is 4.98 Å². The number of nitrogens with zero attached hydrogens (tertiary/aromatic N) is 2. The molecule has 2 rings (SSSR count). The van der Waals surface area contributed by atoms with Crippen molar-refractivity contribution in [3.63, 3.8) is 0 Å². The SMILES string of the molecule is CCOC(=O)c1ccnc(NC2CCC(C)C2)c1[N+](=O)[O-]. The standard InChI is InChI=1S/C14H19N3O4/c1-3-21-14(18)11-6-7-15-13(12(11)17(19)20)16-10-5-4-9(2)8-10/h6-7,9-10H,3-5,8H2,1-2H3,(H,15,16). The van der Waals surface area contributed by atoms with Crippen LogP contribution in [-0.4, -0.2) is 28.5 Å². The Bertz CT molecular complexity index is 547. The van der Waals surface area contributed by atoms with E-state index in [0.29, 0.717) is 5.92 Å². The summed E-state index contributed by atoms with van der Waals surface area (Å²) in [6.07, 6.45) is 4.37. The van der Waals surface area contributed by atoms with Gasteiger partial charge in [0, 0.05) is 12.2 Å². The lowest BCUT2D eigenvalue weighted by Gasteiger charge is -2.14. The van der Waals surface area contributed by atoms with Gasteiger partial charge in [0.15, 0.2) is 0 Å². The van der Waals surface area contributed by atoms with Crippen LogP contribution in [-0.2, 0) is 4.74 Å². The van der Waals surface area contributed by atoms with Gasteiger partial charge in [0.1, 0.15) is 5.56 Å². The predicted molar refractivity (Wildman–Crippen MR) is 77.3 cm³/mol. The first-order valence-corrected chi connectivity index (χ1v) is 7.10.